The van der Waals surface area contributed by atoms with Gasteiger partial charge in [-0.1, -0.05) is 48.5 Å². The molecule has 3 rings (SSSR count). The van der Waals surface area contributed by atoms with Crippen LogP contribution in [0, 0.1) is 0 Å². The van der Waals surface area contributed by atoms with E-state index in [4.69, 9.17) is 4.74 Å². The van der Waals surface area contributed by atoms with Crippen molar-refractivity contribution in [3.05, 3.63) is 71.2 Å². The lowest BCUT2D eigenvalue weighted by Gasteiger charge is -2.12. The van der Waals surface area contributed by atoms with Crippen LogP contribution >= 0.6 is 11.3 Å². The molecule has 0 bridgehead atoms. The zero-order valence-corrected chi connectivity index (χ0v) is 13.3. The summed E-state index contributed by atoms with van der Waals surface area (Å²) < 4.78 is 5.83. The van der Waals surface area contributed by atoms with Gasteiger partial charge in [-0.3, -0.25) is 4.79 Å². The molecule has 1 aromatic heterocycles. The van der Waals surface area contributed by atoms with E-state index in [9.17, 15) is 4.79 Å². The van der Waals surface area contributed by atoms with Gasteiger partial charge in [-0.15, -0.1) is 11.3 Å². The lowest BCUT2D eigenvalue weighted by molar-refractivity contribution is 0.0943. The molecule has 0 unspecified atom stereocenters. The maximum atomic E-state index is 11.8. The molecule has 0 aliphatic carbocycles. The molecule has 0 atom stereocenters. The molecule has 0 saturated carbocycles. The summed E-state index contributed by atoms with van der Waals surface area (Å²) >= 11 is 1.40. The minimum absolute atomic E-state index is 0.175. The first-order valence-electron chi connectivity index (χ1n) is 7.28. The van der Waals surface area contributed by atoms with E-state index in [-0.39, 0.29) is 5.91 Å². The summed E-state index contributed by atoms with van der Waals surface area (Å²) in [6.07, 6.45) is 0. The second-order valence-corrected chi connectivity index (χ2v) is 5.56. The van der Waals surface area contributed by atoms with Crippen molar-refractivity contribution in [2.24, 2.45) is 0 Å². The normalized spacial score (nSPS) is 10.3. The monoisotopic (exact) mass is 324 g/mol. The van der Waals surface area contributed by atoms with Gasteiger partial charge in [0.25, 0.3) is 5.91 Å². The average Bonchev–Trinajstić information content (AvgIpc) is 3.14. The standard InChI is InChI=1S/C18H16N2O2S/c21-18(16-12-23-13-20-16)19-10-11-22-17-9-5-4-8-15(17)14-6-2-1-3-7-14/h1-9,12-13H,10-11H2,(H,19,21). The van der Waals surface area contributed by atoms with Crippen LogP contribution in [0.1, 0.15) is 10.5 Å². The van der Waals surface area contributed by atoms with Crippen molar-refractivity contribution < 1.29 is 9.53 Å². The van der Waals surface area contributed by atoms with Crippen molar-refractivity contribution in [1.29, 1.82) is 0 Å². The van der Waals surface area contributed by atoms with Crippen molar-refractivity contribution in [3.63, 3.8) is 0 Å². The summed E-state index contributed by atoms with van der Waals surface area (Å²) in [5, 5.41) is 4.52. The largest absolute Gasteiger partial charge is 0.491 e. The number of thiazole rings is 1. The number of carbonyl (C=O) groups excluding carboxylic acids is 1. The predicted molar refractivity (Wildman–Crippen MR) is 91.8 cm³/mol. The van der Waals surface area contributed by atoms with E-state index in [0.717, 1.165) is 16.9 Å². The third-order valence-corrected chi connectivity index (χ3v) is 3.87. The van der Waals surface area contributed by atoms with Gasteiger partial charge in [0.05, 0.1) is 12.1 Å². The third kappa shape index (κ3) is 3.96. The van der Waals surface area contributed by atoms with Gasteiger partial charge in [0.2, 0.25) is 0 Å². The Labute approximate surface area is 138 Å². The highest BCUT2D eigenvalue weighted by Gasteiger charge is 2.08. The van der Waals surface area contributed by atoms with Gasteiger partial charge in [0.1, 0.15) is 18.1 Å². The molecule has 0 radical (unpaired) electrons. The molecule has 0 saturated heterocycles. The summed E-state index contributed by atoms with van der Waals surface area (Å²) in [4.78, 5) is 15.8. The molecule has 1 N–H and O–H groups in total. The molecule has 116 valence electrons. The van der Waals surface area contributed by atoms with Crippen molar-refractivity contribution >= 4 is 17.2 Å². The first kappa shape index (κ1) is 15.2. The van der Waals surface area contributed by atoms with Gasteiger partial charge in [-0.25, -0.2) is 4.98 Å². The molecule has 0 aliphatic heterocycles. The molecule has 23 heavy (non-hydrogen) atoms. The number of amides is 1. The summed E-state index contributed by atoms with van der Waals surface area (Å²) in [7, 11) is 0. The Bertz CT molecular complexity index is 758. The van der Waals surface area contributed by atoms with Crippen LogP contribution in [0.4, 0.5) is 0 Å². The van der Waals surface area contributed by atoms with Gasteiger partial charge in [-0.2, -0.15) is 0 Å². The number of benzene rings is 2. The number of aromatic nitrogens is 1. The van der Waals surface area contributed by atoms with Crippen molar-refractivity contribution in [3.8, 4) is 16.9 Å². The van der Waals surface area contributed by atoms with Crippen LogP contribution < -0.4 is 10.1 Å². The first-order valence-corrected chi connectivity index (χ1v) is 8.22. The number of carbonyl (C=O) groups is 1. The summed E-state index contributed by atoms with van der Waals surface area (Å²) in [6, 6.07) is 18.0. The van der Waals surface area contributed by atoms with E-state index in [1.807, 2.05) is 54.6 Å². The molecule has 0 aliphatic rings. The van der Waals surface area contributed by atoms with Crippen molar-refractivity contribution in [2.75, 3.05) is 13.2 Å². The first-order chi connectivity index (χ1) is 11.3. The topological polar surface area (TPSA) is 51.2 Å². The average molecular weight is 324 g/mol. The van der Waals surface area contributed by atoms with E-state index in [2.05, 4.69) is 10.3 Å². The van der Waals surface area contributed by atoms with Crippen LogP contribution in [0.3, 0.4) is 0 Å². The van der Waals surface area contributed by atoms with E-state index < -0.39 is 0 Å². The van der Waals surface area contributed by atoms with Gasteiger partial charge >= 0.3 is 0 Å². The van der Waals surface area contributed by atoms with Gasteiger partial charge in [-0.05, 0) is 11.6 Å². The van der Waals surface area contributed by atoms with Crippen LogP contribution in [0.25, 0.3) is 11.1 Å². The molecule has 1 amide bonds. The molecule has 1 heterocycles. The van der Waals surface area contributed by atoms with Crippen LogP contribution in [-0.4, -0.2) is 24.0 Å². The van der Waals surface area contributed by atoms with Crippen LogP contribution in [0.15, 0.2) is 65.5 Å². The van der Waals surface area contributed by atoms with E-state index in [1.165, 1.54) is 11.3 Å². The number of hydrogen-bond acceptors (Lipinski definition) is 4. The smallest absolute Gasteiger partial charge is 0.270 e. The Morgan fingerprint density at radius 2 is 1.87 bits per heavy atom. The summed E-state index contributed by atoms with van der Waals surface area (Å²) in [5.74, 6) is 0.632. The fourth-order valence-electron chi connectivity index (χ4n) is 2.19. The molecule has 0 fully saturated rings. The zero-order valence-electron chi connectivity index (χ0n) is 12.4. The number of rotatable bonds is 6. The number of hydrogen-bond donors (Lipinski definition) is 1. The highest BCUT2D eigenvalue weighted by Crippen LogP contribution is 2.29. The number of nitrogens with one attached hydrogen (secondary N) is 1. The maximum absolute atomic E-state index is 11.8. The third-order valence-electron chi connectivity index (χ3n) is 3.28. The molecule has 2 aromatic carbocycles. The van der Waals surface area contributed by atoms with Crippen molar-refractivity contribution in [2.45, 2.75) is 0 Å². The fourth-order valence-corrected chi connectivity index (χ4v) is 2.72. The molecule has 5 heteroatoms. The molecular formula is C18H16N2O2S. The van der Waals surface area contributed by atoms with E-state index >= 15 is 0 Å². The Kier molecular flexibility index (Phi) is 5.01. The molecular weight excluding hydrogens is 308 g/mol. The Hall–Kier alpha value is -2.66. The SMILES string of the molecule is O=C(NCCOc1ccccc1-c1ccccc1)c1cscn1. The molecule has 3 aromatic rings. The summed E-state index contributed by atoms with van der Waals surface area (Å²) in [6.45, 7) is 0.833. The van der Waals surface area contributed by atoms with Gasteiger partial charge in [0.15, 0.2) is 0 Å². The zero-order chi connectivity index (χ0) is 15.9. The van der Waals surface area contributed by atoms with E-state index in [1.54, 1.807) is 10.9 Å². The second kappa shape index (κ2) is 7.56. The van der Waals surface area contributed by atoms with E-state index in [0.29, 0.717) is 18.8 Å². The minimum Gasteiger partial charge on any atom is -0.491 e. The Morgan fingerprint density at radius 3 is 2.65 bits per heavy atom. The number of para-hydroxylation sites is 1. The van der Waals surface area contributed by atoms with Crippen molar-refractivity contribution in [1.82, 2.24) is 10.3 Å². The van der Waals surface area contributed by atoms with Crippen LogP contribution in [-0.2, 0) is 0 Å². The predicted octanol–water partition coefficient (Wildman–Crippen LogP) is 3.62. The lowest BCUT2D eigenvalue weighted by atomic mass is 10.1. The summed E-state index contributed by atoms with van der Waals surface area (Å²) in [5.41, 5.74) is 4.23. The molecule has 4 nitrogen and oxygen atoms in total. The van der Waals surface area contributed by atoms with Crippen LogP contribution in [0.2, 0.25) is 0 Å². The second-order valence-electron chi connectivity index (χ2n) is 4.84. The number of ether oxygens (including phenoxy) is 1. The van der Waals surface area contributed by atoms with Gasteiger partial charge < -0.3 is 10.1 Å². The Morgan fingerprint density at radius 1 is 1.09 bits per heavy atom. The minimum atomic E-state index is -0.175. The number of nitrogens with zero attached hydrogens (tertiary/aromatic N) is 1. The maximum Gasteiger partial charge on any atom is 0.270 e. The Balaban J connectivity index is 1.58. The quantitative estimate of drug-likeness (QED) is 0.705. The highest BCUT2D eigenvalue weighted by atomic mass is 32.1. The molecule has 0 spiro atoms. The van der Waals surface area contributed by atoms with Crippen LogP contribution in [0.5, 0.6) is 5.75 Å². The highest BCUT2D eigenvalue weighted by molar-refractivity contribution is 7.07. The van der Waals surface area contributed by atoms with Gasteiger partial charge in [0, 0.05) is 10.9 Å². The fraction of sp³-hybridized carbons (Fsp3) is 0.111. The lowest BCUT2D eigenvalue weighted by Crippen LogP contribution is -2.28.